The van der Waals surface area contributed by atoms with Gasteiger partial charge in [-0.25, -0.2) is 0 Å². The summed E-state index contributed by atoms with van der Waals surface area (Å²) in [5, 5.41) is 14.7. The third-order valence-corrected chi connectivity index (χ3v) is 4.94. The number of nitrogens with one attached hydrogen (secondary N) is 1. The molecule has 5 heteroatoms. The highest BCUT2D eigenvalue weighted by molar-refractivity contribution is 5.30. The lowest BCUT2D eigenvalue weighted by atomic mass is 9.70. The third-order valence-electron chi connectivity index (χ3n) is 4.94. The summed E-state index contributed by atoms with van der Waals surface area (Å²) < 4.78 is 0. The first kappa shape index (κ1) is 11.1. The van der Waals surface area contributed by atoms with Crippen molar-refractivity contribution < 1.29 is 0 Å². The summed E-state index contributed by atoms with van der Waals surface area (Å²) in [7, 11) is 0. The molecule has 1 heterocycles. The molecule has 3 unspecified atom stereocenters. The average Bonchev–Trinajstić information content (AvgIpc) is 2.66. The predicted molar refractivity (Wildman–Crippen MR) is 64.1 cm³/mol. The fourth-order valence-electron chi connectivity index (χ4n) is 4.40. The Morgan fingerprint density at radius 2 is 2.06 bits per heavy atom. The van der Waals surface area contributed by atoms with Crippen molar-refractivity contribution in [2.24, 2.45) is 23.0 Å². The maximum absolute atomic E-state index is 6.03. The van der Waals surface area contributed by atoms with Crippen LogP contribution in [-0.4, -0.2) is 27.2 Å². The van der Waals surface area contributed by atoms with Gasteiger partial charge in [0.15, 0.2) is 5.82 Å². The van der Waals surface area contributed by atoms with Crippen LogP contribution in [0, 0.1) is 17.3 Å². The number of hydrogen-bond acceptors (Lipinski definition) is 4. The summed E-state index contributed by atoms with van der Waals surface area (Å²) in [4.78, 5) is 0. The molecule has 5 nitrogen and oxygen atoms in total. The third kappa shape index (κ3) is 1.44. The topological polar surface area (TPSA) is 80.5 Å². The molecule has 0 bridgehead atoms. The molecule has 0 amide bonds. The zero-order valence-corrected chi connectivity index (χ0v) is 10.6. The fraction of sp³-hybridized carbons (Fsp3) is 0.917. The van der Waals surface area contributed by atoms with E-state index in [9.17, 15) is 0 Å². The van der Waals surface area contributed by atoms with Gasteiger partial charge in [0.1, 0.15) is 0 Å². The molecule has 0 aliphatic heterocycles. The second kappa shape index (κ2) is 3.51. The Morgan fingerprint density at radius 1 is 1.35 bits per heavy atom. The van der Waals surface area contributed by atoms with E-state index < -0.39 is 0 Å². The number of aromatic amines is 1. The molecule has 2 saturated carbocycles. The summed E-state index contributed by atoms with van der Waals surface area (Å²) in [6, 6.07) is 0. The van der Waals surface area contributed by atoms with Gasteiger partial charge in [-0.05, 0) is 42.9 Å². The Bertz CT molecular complexity index is 391. The van der Waals surface area contributed by atoms with Gasteiger partial charge in [0.05, 0.1) is 5.41 Å². The highest BCUT2D eigenvalue weighted by atomic mass is 15.5. The van der Waals surface area contributed by atoms with Crippen LogP contribution >= 0.6 is 0 Å². The van der Waals surface area contributed by atoms with Crippen molar-refractivity contribution in [2.45, 2.75) is 44.9 Å². The van der Waals surface area contributed by atoms with E-state index in [0.29, 0.717) is 12.0 Å². The van der Waals surface area contributed by atoms with Crippen molar-refractivity contribution in [1.82, 2.24) is 20.6 Å². The summed E-state index contributed by atoms with van der Waals surface area (Å²) in [5.74, 6) is 2.42. The molecule has 1 aromatic heterocycles. The second-order valence-corrected chi connectivity index (χ2v) is 6.33. The first-order valence-corrected chi connectivity index (χ1v) is 6.56. The van der Waals surface area contributed by atoms with Gasteiger partial charge in [-0.1, -0.05) is 19.1 Å². The predicted octanol–water partition coefficient (Wildman–Crippen LogP) is 1.24. The number of rotatable bonds is 2. The Morgan fingerprint density at radius 3 is 2.59 bits per heavy atom. The van der Waals surface area contributed by atoms with Crippen molar-refractivity contribution in [2.75, 3.05) is 6.54 Å². The maximum atomic E-state index is 6.03. The van der Waals surface area contributed by atoms with Crippen LogP contribution in [-0.2, 0) is 5.41 Å². The molecular formula is C12H21N5. The van der Waals surface area contributed by atoms with Crippen LogP contribution in [0.25, 0.3) is 0 Å². The van der Waals surface area contributed by atoms with E-state index in [2.05, 4.69) is 34.5 Å². The molecule has 94 valence electrons. The number of H-pyrrole nitrogens is 1. The number of nitrogens with two attached hydrogens (primary N) is 1. The standard InChI is InChI=1S/C12H21N5/c1-8-3-9(2)5-11(4-8)6-12(11,7-13)10-14-16-17-15-10/h8-9H,3-7,13H2,1-2H3,(H,14,15,16,17). The summed E-state index contributed by atoms with van der Waals surface area (Å²) in [5.41, 5.74) is 6.39. The lowest BCUT2D eigenvalue weighted by Crippen LogP contribution is -2.33. The molecule has 3 rings (SSSR count). The molecule has 3 N–H and O–H groups in total. The fourth-order valence-corrected chi connectivity index (χ4v) is 4.40. The molecule has 17 heavy (non-hydrogen) atoms. The van der Waals surface area contributed by atoms with Crippen LogP contribution in [0.15, 0.2) is 0 Å². The van der Waals surface area contributed by atoms with E-state index in [1.165, 1.54) is 19.3 Å². The molecule has 0 saturated heterocycles. The molecule has 0 radical (unpaired) electrons. The van der Waals surface area contributed by atoms with Gasteiger partial charge in [0.2, 0.25) is 0 Å². The van der Waals surface area contributed by atoms with Gasteiger partial charge in [-0.2, -0.15) is 5.21 Å². The van der Waals surface area contributed by atoms with Gasteiger partial charge in [0, 0.05) is 6.54 Å². The highest BCUT2D eigenvalue weighted by Crippen LogP contribution is 2.71. The van der Waals surface area contributed by atoms with Crippen molar-refractivity contribution in [3.8, 4) is 0 Å². The smallest absolute Gasteiger partial charge is 0.182 e. The van der Waals surface area contributed by atoms with Gasteiger partial charge in [-0.3, -0.25) is 0 Å². The van der Waals surface area contributed by atoms with Crippen LogP contribution in [0.5, 0.6) is 0 Å². The van der Waals surface area contributed by atoms with Gasteiger partial charge < -0.3 is 5.73 Å². The van der Waals surface area contributed by atoms with Gasteiger partial charge >= 0.3 is 0 Å². The van der Waals surface area contributed by atoms with Crippen molar-refractivity contribution in [3.63, 3.8) is 0 Å². The van der Waals surface area contributed by atoms with Crippen LogP contribution < -0.4 is 5.73 Å². The number of tetrazole rings is 1. The Balaban J connectivity index is 1.91. The lowest BCUT2D eigenvalue weighted by Gasteiger charge is -2.35. The first-order chi connectivity index (χ1) is 8.12. The van der Waals surface area contributed by atoms with E-state index in [4.69, 9.17) is 5.73 Å². The summed E-state index contributed by atoms with van der Waals surface area (Å²) in [6.07, 6.45) is 5.02. The SMILES string of the molecule is CC1CC(C)CC2(C1)CC2(CN)c1nn[nH]n1. The zero-order valence-electron chi connectivity index (χ0n) is 10.6. The molecule has 3 atom stereocenters. The minimum Gasteiger partial charge on any atom is -0.329 e. The Hall–Kier alpha value is -0.970. The Labute approximate surface area is 102 Å². The summed E-state index contributed by atoms with van der Waals surface area (Å²) in [6.45, 7) is 5.35. The van der Waals surface area contributed by atoms with Crippen molar-refractivity contribution in [3.05, 3.63) is 5.82 Å². The normalized spacial score (nSPS) is 45.1. The van der Waals surface area contributed by atoms with Crippen molar-refractivity contribution in [1.29, 1.82) is 0 Å². The molecule has 2 aliphatic rings. The minimum absolute atomic E-state index is 0.00292. The lowest BCUT2D eigenvalue weighted by molar-refractivity contribution is 0.175. The molecule has 2 fully saturated rings. The van der Waals surface area contributed by atoms with Crippen LogP contribution in [0.3, 0.4) is 0 Å². The van der Waals surface area contributed by atoms with Gasteiger partial charge in [-0.15, -0.1) is 10.2 Å². The molecule has 2 aliphatic carbocycles. The maximum Gasteiger partial charge on any atom is 0.182 e. The summed E-state index contributed by atoms with van der Waals surface area (Å²) >= 11 is 0. The average molecular weight is 235 g/mol. The van der Waals surface area contributed by atoms with E-state index in [1.807, 2.05) is 0 Å². The quantitative estimate of drug-likeness (QED) is 0.808. The number of aromatic nitrogens is 4. The monoisotopic (exact) mass is 235 g/mol. The number of nitrogens with zero attached hydrogens (tertiary/aromatic N) is 3. The first-order valence-electron chi connectivity index (χ1n) is 6.56. The van der Waals surface area contributed by atoms with E-state index >= 15 is 0 Å². The van der Waals surface area contributed by atoms with E-state index in [-0.39, 0.29) is 5.41 Å². The highest BCUT2D eigenvalue weighted by Gasteiger charge is 2.70. The number of hydrogen-bond donors (Lipinski definition) is 2. The van der Waals surface area contributed by atoms with Crippen LogP contribution in [0.4, 0.5) is 0 Å². The Kier molecular flexibility index (Phi) is 2.30. The molecule has 1 aromatic rings. The van der Waals surface area contributed by atoms with E-state index in [1.54, 1.807) is 0 Å². The largest absolute Gasteiger partial charge is 0.329 e. The zero-order chi connectivity index (χ0) is 12.1. The van der Waals surface area contributed by atoms with Crippen LogP contribution in [0.2, 0.25) is 0 Å². The van der Waals surface area contributed by atoms with Gasteiger partial charge in [0.25, 0.3) is 0 Å². The van der Waals surface area contributed by atoms with Crippen LogP contribution in [0.1, 0.15) is 45.4 Å². The second-order valence-electron chi connectivity index (χ2n) is 6.33. The van der Waals surface area contributed by atoms with E-state index in [0.717, 1.165) is 24.1 Å². The molecule has 0 aromatic carbocycles. The molecule has 1 spiro atoms. The van der Waals surface area contributed by atoms with Crippen molar-refractivity contribution >= 4 is 0 Å². The minimum atomic E-state index is 0.00292. The molecular weight excluding hydrogens is 214 g/mol.